The van der Waals surface area contributed by atoms with Crippen LogP contribution in [0.5, 0.6) is 11.5 Å². The number of ether oxygens (including phenoxy) is 1. The molecule has 0 spiro atoms. The number of halogens is 1. The molecule has 1 saturated carbocycles. The first-order valence-corrected chi connectivity index (χ1v) is 15.2. The molecular formula is C31H27FN4O5S. The normalized spacial score (nSPS) is 14.0. The zero-order chi connectivity index (χ0) is 29.4. The monoisotopic (exact) mass is 586 g/mol. The van der Waals surface area contributed by atoms with Gasteiger partial charge in [-0.2, -0.15) is 0 Å². The number of nitrogens with zero attached hydrogens (tertiary/aromatic N) is 2. The van der Waals surface area contributed by atoms with Crippen molar-refractivity contribution in [2.75, 3.05) is 18.6 Å². The second-order valence-electron chi connectivity index (χ2n) is 10.2. The van der Waals surface area contributed by atoms with Gasteiger partial charge in [0.05, 0.1) is 5.56 Å². The topological polar surface area (TPSA) is 123 Å². The van der Waals surface area contributed by atoms with Gasteiger partial charge >= 0.3 is 0 Å². The smallest absolute Gasteiger partial charge is 0.255 e. The summed E-state index contributed by atoms with van der Waals surface area (Å²) in [5, 5.41) is 5.46. The molecule has 1 aliphatic rings. The van der Waals surface area contributed by atoms with Crippen LogP contribution < -0.4 is 15.4 Å². The Morgan fingerprint density at radius 3 is 2.26 bits per heavy atom. The first kappa shape index (κ1) is 27.4. The molecule has 1 unspecified atom stereocenters. The maximum atomic E-state index is 13.2. The summed E-state index contributed by atoms with van der Waals surface area (Å²) >= 11 is 0. The Morgan fingerprint density at radius 1 is 1.02 bits per heavy atom. The van der Waals surface area contributed by atoms with Crippen molar-refractivity contribution in [2.45, 2.75) is 24.1 Å². The Bertz CT molecular complexity index is 1870. The van der Waals surface area contributed by atoms with Crippen LogP contribution in [-0.4, -0.2) is 37.6 Å². The summed E-state index contributed by atoms with van der Waals surface area (Å²) in [5.74, 6) is 0.945. The predicted molar refractivity (Wildman–Crippen MR) is 157 cm³/mol. The SMILES string of the molecule is CNC(=O)c1c(-c2ccc(Oc3ccc(F)cc3)cc2)oc2cc(NC(c3cncnc3)S(C)(=O)=O)c(C3CC3)cc12. The summed E-state index contributed by atoms with van der Waals surface area (Å²) in [4.78, 5) is 21.1. The van der Waals surface area contributed by atoms with Gasteiger partial charge in [0.15, 0.2) is 15.2 Å². The number of furan rings is 1. The van der Waals surface area contributed by atoms with Crippen LogP contribution in [0.25, 0.3) is 22.3 Å². The highest BCUT2D eigenvalue weighted by molar-refractivity contribution is 7.91. The maximum Gasteiger partial charge on any atom is 0.255 e. The van der Waals surface area contributed by atoms with E-state index in [4.69, 9.17) is 9.15 Å². The van der Waals surface area contributed by atoms with E-state index in [2.05, 4.69) is 20.6 Å². The van der Waals surface area contributed by atoms with Crippen LogP contribution in [0.15, 0.2) is 83.8 Å². The summed E-state index contributed by atoms with van der Waals surface area (Å²) in [6.45, 7) is 0. The van der Waals surface area contributed by atoms with Gasteiger partial charge in [-0.3, -0.25) is 4.79 Å². The molecule has 6 rings (SSSR count). The van der Waals surface area contributed by atoms with Gasteiger partial charge in [-0.15, -0.1) is 0 Å². The van der Waals surface area contributed by atoms with E-state index in [0.717, 1.165) is 24.7 Å². The minimum Gasteiger partial charge on any atom is -0.457 e. The number of carbonyl (C=O) groups is 1. The zero-order valence-electron chi connectivity index (χ0n) is 22.8. The number of amides is 1. The molecule has 2 aromatic heterocycles. The standard InChI is InChI=1S/C31H27FN4O5S/c1-33-30(37)28-25-13-24(18-3-4-18)26(36-31(42(2,38)39)20-15-34-17-35-16-20)14-27(25)41-29(28)19-5-9-22(10-6-19)40-23-11-7-21(32)8-12-23/h5-18,31,36H,3-4H2,1-2H3,(H,33,37). The second-order valence-corrected chi connectivity index (χ2v) is 12.3. The van der Waals surface area contributed by atoms with Crippen molar-refractivity contribution in [3.05, 3.63) is 102 Å². The van der Waals surface area contributed by atoms with Gasteiger partial charge in [0.1, 0.15) is 35.0 Å². The molecule has 1 aliphatic carbocycles. The van der Waals surface area contributed by atoms with Crippen molar-refractivity contribution in [1.82, 2.24) is 15.3 Å². The van der Waals surface area contributed by atoms with Crippen LogP contribution in [0.4, 0.5) is 10.1 Å². The number of hydrogen-bond donors (Lipinski definition) is 2. The molecule has 0 bridgehead atoms. The third-order valence-corrected chi connectivity index (χ3v) is 8.34. The summed E-state index contributed by atoms with van der Waals surface area (Å²) in [7, 11) is -2.04. The lowest BCUT2D eigenvalue weighted by Gasteiger charge is -2.20. The number of nitrogens with one attached hydrogen (secondary N) is 2. The van der Waals surface area contributed by atoms with E-state index < -0.39 is 15.2 Å². The minimum atomic E-state index is -3.60. The van der Waals surface area contributed by atoms with Crippen LogP contribution in [0, 0.1) is 5.82 Å². The Labute approximate surface area is 241 Å². The Balaban J connectivity index is 1.41. The summed E-state index contributed by atoms with van der Waals surface area (Å²) in [6, 6.07) is 16.4. The number of carbonyl (C=O) groups excluding carboxylic acids is 1. The molecule has 0 radical (unpaired) electrons. The molecule has 1 fully saturated rings. The van der Waals surface area contributed by atoms with Crippen molar-refractivity contribution in [1.29, 1.82) is 0 Å². The lowest BCUT2D eigenvalue weighted by molar-refractivity contribution is 0.0964. The van der Waals surface area contributed by atoms with E-state index in [-0.39, 0.29) is 17.6 Å². The molecule has 1 atom stereocenters. The summed E-state index contributed by atoms with van der Waals surface area (Å²) in [5.41, 5.74) is 3.39. The van der Waals surface area contributed by atoms with Crippen molar-refractivity contribution >= 4 is 32.4 Å². The van der Waals surface area contributed by atoms with Crippen molar-refractivity contribution in [2.24, 2.45) is 0 Å². The van der Waals surface area contributed by atoms with Crippen LogP contribution in [0.1, 0.15) is 45.6 Å². The van der Waals surface area contributed by atoms with Gasteiger partial charge in [0, 0.05) is 54.0 Å². The quantitative estimate of drug-likeness (QED) is 0.209. The van der Waals surface area contributed by atoms with Crippen molar-refractivity contribution in [3.63, 3.8) is 0 Å². The number of aromatic nitrogens is 2. The predicted octanol–water partition coefficient (Wildman–Crippen LogP) is 6.21. The molecule has 42 heavy (non-hydrogen) atoms. The molecule has 1 amide bonds. The molecular weight excluding hydrogens is 559 g/mol. The van der Waals surface area contributed by atoms with Crippen LogP contribution in [0.2, 0.25) is 0 Å². The van der Waals surface area contributed by atoms with E-state index in [1.807, 2.05) is 6.07 Å². The molecule has 3 aromatic carbocycles. The second kappa shape index (κ2) is 10.9. The van der Waals surface area contributed by atoms with Gasteiger partial charge in [0.2, 0.25) is 0 Å². The first-order chi connectivity index (χ1) is 20.2. The summed E-state index contributed by atoms with van der Waals surface area (Å²) < 4.78 is 50.9. The Hall–Kier alpha value is -4.77. The number of fused-ring (bicyclic) bond motifs is 1. The van der Waals surface area contributed by atoms with E-state index in [0.29, 0.717) is 50.6 Å². The third-order valence-electron chi connectivity index (χ3n) is 7.10. The fraction of sp³-hybridized carbons (Fsp3) is 0.194. The number of rotatable bonds is 9. The molecule has 11 heteroatoms. The van der Waals surface area contributed by atoms with Gasteiger partial charge in [-0.25, -0.2) is 22.8 Å². The van der Waals surface area contributed by atoms with Crippen LogP contribution in [0.3, 0.4) is 0 Å². The molecule has 214 valence electrons. The average Bonchev–Trinajstić information content (AvgIpc) is 3.77. The molecule has 5 aromatic rings. The first-order valence-electron chi connectivity index (χ1n) is 13.3. The van der Waals surface area contributed by atoms with E-state index in [1.165, 1.54) is 43.0 Å². The highest BCUT2D eigenvalue weighted by Gasteiger charge is 2.32. The molecule has 2 heterocycles. The van der Waals surface area contributed by atoms with Crippen LogP contribution in [-0.2, 0) is 9.84 Å². The van der Waals surface area contributed by atoms with Crippen molar-refractivity contribution < 1.29 is 26.8 Å². The van der Waals surface area contributed by atoms with Crippen LogP contribution >= 0.6 is 0 Å². The number of hydrogen-bond acceptors (Lipinski definition) is 8. The fourth-order valence-electron chi connectivity index (χ4n) is 4.91. The largest absolute Gasteiger partial charge is 0.457 e. The van der Waals surface area contributed by atoms with Gasteiger partial charge < -0.3 is 19.8 Å². The molecule has 2 N–H and O–H groups in total. The lowest BCUT2D eigenvalue weighted by Crippen LogP contribution is -2.21. The highest BCUT2D eigenvalue weighted by atomic mass is 32.2. The lowest BCUT2D eigenvalue weighted by atomic mass is 10.00. The Kier molecular flexibility index (Phi) is 7.11. The Morgan fingerprint density at radius 2 is 1.67 bits per heavy atom. The fourth-order valence-corrected chi connectivity index (χ4v) is 5.87. The number of sulfone groups is 1. The van der Waals surface area contributed by atoms with E-state index in [1.54, 1.807) is 37.4 Å². The van der Waals surface area contributed by atoms with E-state index in [9.17, 15) is 17.6 Å². The minimum absolute atomic E-state index is 0.225. The zero-order valence-corrected chi connectivity index (χ0v) is 23.6. The van der Waals surface area contributed by atoms with E-state index >= 15 is 0 Å². The molecule has 0 saturated heterocycles. The summed E-state index contributed by atoms with van der Waals surface area (Å²) in [6.07, 6.45) is 7.35. The molecule has 0 aliphatic heterocycles. The molecule has 9 nitrogen and oxygen atoms in total. The average molecular weight is 587 g/mol. The van der Waals surface area contributed by atoms with Gasteiger partial charge in [0.25, 0.3) is 5.91 Å². The van der Waals surface area contributed by atoms with Crippen molar-refractivity contribution in [3.8, 4) is 22.8 Å². The number of benzene rings is 3. The van der Waals surface area contributed by atoms with Gasteiger partial charge in [-0.1, -0.05) is 0 Å². The third kappa shape index (κ3) is 5.55. The highest BCUT2D eigenvalue weighted by Crippen LogP contribution is 2.47. The van der Waals surface area contributed by atoms with Gasteiger partial charge in [-0.05, 0) is 78.9 Å². The maximum absolute atomic E-state index is 13.2. The number of anilines is 1.